The first-order valence-corrected chi connectivity index (χ1v) is 3.92. The highest BCUT2D eigenvalue weighted by molar-refractivity contribution is 5.32. The molecule has 0 spiro atoms. The van der Waals surface area contributed by atoms with Crippen LogP contribution in [0.2, 0.25) is 0 Å². The molecule has 60 valence electrons. The van der Waals surface area contributed by atoms with E-state index in [1.807, 2.05) is 37.6 Å². The predicted molar refractivity (Wildman–Crippen MR) is 48.3 cm³/mol. The normalized spacial score (nSPS) is 10.1. The number of para-hydroxylation sites is 1. The Kier molecular flexibility index (Phi) is 1.67. The average Bonchev–Trinajstić information content (AvgIpc) is 2.53. The first kappa shape index (κ1) is 7.10. The Bertz CT molecular complexity index is 362. The zero-order chi connectivity index (χ0) is 8.39. The summed E-state index contributed by atoms with van der Waals surface area (Å²) in [4.78, 5) is 4.06. The second-order valence-corrected chi connectivity index (χ2v) is 2.74. The Hall–Kier alpha value is -1.57. The first-order chi connectivity index (χ1) is 5.88. The van der Waals surface area contributed by atoms with Crippen LogP contribution in [0.25, 0.3) is 5.69 Å². The van der Waals surface area contributed by atoms with E-state index in [1.54, 1.807) is 0 Å². The van der Waals surface area contributed by atoms with Crippen LogP contribution >= 0.6 is 0 Å². The summed E-state index contributed by atoms with van der Waals surface area (Å²) in [5, 5.41) is 0. The van der Waals surface area contributed by atoms with Crippen LogP contribution in [-0.2, 0) is 0 Å². The molecule has 2 heteroatoms. The van der Waals surface area contributed by atoms with Crippen molar-refractivity contribution in [3.8, 4) is 5.69 Å². The van der Waals surface area contributed by atoms with E-state index in [-0.39, 0.29) is 0 Å². The molecule has 1 aromatic heterocycles. The van der Waals surface area contributed by atoms with Crippen LogP contribution in [0.4, 0.5) is 0 Å². The van der Waals surface area contributed by atoms with Crippen molar-refractivity contribution in [3.05, 3.63) is 48.5 Å². The van der Waals surface area contributed by atoms with Gasteiger partial charge < -0.3 is 4.57 Å². The molecule has 2 rings (SSSR count). The Morgan fingerprint density at radius 1 is 1.17 bits per heavy atom. The third kappa shape index (κ3) is 1.11. The maximum atomic E-state index is 4.06. The van der Waals surface area contributed by atoms with Crippen LogP contribution in [0.5, 0.6) is 0 Å². The summed E-state index contributed by atoms with van der Waals surface area (Å²) in [6, 6.07) is 10.2. The number of hydrogen-bond donors (Lipinski definition) is 0. The Morgan fingerprint density at radius 3 is 2.50 bits per heavy atom. The molecule has 0 fully saturated rings. The maximum absolute atomic E-state index is 4.06. The summed E-state index contributed by atoms with van der Waals surface area (Å²) in [5.41, 5.74) is 2.31. The van der Waals surface area contributed by atoms with Gasteiger partial charge in [0.1, 0.15) is 0 Å². The van der Waals surface area contributed by atoms with E-state index in [1.165, 1.54) is 0 Å². The van der Waals surface area contributed by atoms with E-state index in [0.717, 1.165) is 11.4 Å². The second-order valence-electron chi connectivity index (χ2n) is 2.74. The molecule has 0 unspecified atom stereocenters. The number of benzene rings is 1. The lowest BCUT2D eigenvalue weighted by molar-refractivity contribution is 1.00. The van der Waals surface area contributed by atoms with Crippen molar-refractivity contribution in [2.75, 3.05) is 0 Å². The average molecular weight is 158 g/mol. The molecule has 0 aliphatic carbocycles. The van der Waals surface area contributed by atoms with Gasteiger partial charge in [-0.1, -0.05) is 18.2 Å². The van der Waals surface area contributed by atoms with Crippen LogP contribution < -0.4 is 0 Å². The molecule has 0 saturated heterocycles. The van der Waals surface area contributed by atoms with Crippen LogP contribution in [0.15, 0.2) is 42.9 Å². The number of imidazole rings is 1. The number of aromatic nitrogens is 2. The molecule has 0 amide bonds. The highest BCUT2D eigenvalue weighted by Crippen LogP contribution is 2.08. The molecule has 1 heterocycles. The van der Waals surface area contributed by atoms with Crippen molar-refractivity contribution in [3.63, 3.8) is 0 Å². The molecule has 1 aromatic carbocycles. The van der Waals surface area contributed by atoms with Gasteiger partial charge in [0.2, 0.25) is 0 Å². The molecule has 12 heavy (non-hydrogen) atoms. The van der Waals surface area contributed by atoms with Gasteiger partial charge in [0.25, 0.3) is 0 Å². The summed E-state index contributed by atoms with van der Waals surface area (Å²) in [5.74, 6) is 0. The third-order valence-corrected chi connectivity index (χ3v) is 1.86. The maximum Gasteiger partial charge on any atom is 0.0994 e. The van der Waals surface area contributed by atoms with Gasteiger partial charge >= 0.3 is 0 Å². The molecule has 2 aromatic rings. The van der Waals surface area contributed by atoms with Gasteiger partial charge in [-0.2, -0.15) is 0 Å². The van der Waals surface area contributed by atoms with Gasteiger partial charge in [-0.25, -0.2) is 4.98 Å². The van der Waals surface area contributed by atoms with Gasteiger partial charge in [0.15, 0.2) is 0 Å². The van der Waals surface area contributed by atoms with Gasteiger partial charge in [-0.05, 0) is 19.1 Å². The highest BCUT2D eigenvalue weighted by Gasteiger charge is 1.96. The minimum atomic E-state index is 1.15. The molecule has 0 aliphatic rings. The molecule has 0 aliphatic heterocycles. The van der Waals surface area contributed by atoms with Crippen LogP contribution in [0.1, 0.15) is 5.69 Å². The van der Waals surface area contributed by atoms with Crippen molar-refractivity contribution in [2.24, 2.45) is 0 Å². The zero-order valence-electron chi connectivity index (χ0n) is 6.94. The number of aryl methyl sites for hydroxylation is 1. The smallest absolute Gasteiger partial charge is 0.0994 e. The Balaban J connectivity index is 2.51. The lowest BCUT2D eigenvalue weighted by Gasteiger charge is -2.02. The van der Waals surface area contributed by atoms with E-state index >= 15 is 0 Å². The van der Waals surface area contributed by atoms with Crippen molar-refractivity contribution in [2.45, 2.75) is 6.92 Å². The van der Waals surface area contributed by atoms with Crippen molar-refractivity contribution in [1.29, 1.82) is 0 Å². The minimum absolute atomic E-state index is 1.15. The minimum Gasteiger partial charge on any atom is -0.304 e. The SMILES string of the molecule is Cc1cncn1-c1ccccc1. The fourth-order valence-electron chi connectivity index (χ4n) is 1.22. The highest BCUT2D eigenvalue weighted by atomic mass is 15.0. The molecule has 0 N–H and O–H groups in total. The van der Waals surface area contributed by atoms with E-state index in [2.05, 4.69) is 21.7 Å². The second kappa shape index (κ2) is 2.81. The van der Waals surface area contributed by atoms with Crippen LogP contribution in [-0.4, -0.2) is 9.55 Å². The summed E-state index contributed by atoms with van der Waals surface area (Å²) in [6.45, 7) is 2.04. The fourth-order valence-corrected chi connectivity index (χ4v) is 1.22. The zero-order valence-corrected chi connectivity index (χ0v) is 6.94. The lowest BCUT2D eigenvalue weighted by atomic mass is 10.3. The number of rotatable bonds is 1. The van der Waals surface area contributed by atoms with Gasteiger partial charge in [0, 0.05) is 17.6 Å². The third-order valence-electron chi connectivity index (χ3n) is 1.86. The monoisotopic (exact) mass is 158 g/mol. The Morgan fingerprint density at radius 2 is 1.92 bits per heavy atom. The standard InChI is InChI=1S/C10H10N2/c1-9-7-11-8-12(9)10-5-3-2-4-6-10/h2-8H,1H3. The van der Waals surface area contributed by atoms with Crippen molar-refractivity contribution in [1.82, 2.24) is 9.55 Å². The molecule has 0 bridgehead atoms. The van der Waals surface area contributed by atoms with Gasteiger partial charge in [-0.3, -0.25) is 0 Å². The van der Waals surface area contributed by atoms with Crippen LogP contribution in [0.3, 0.4) is 0 Å². The van der Waals surface area contributed by atoms with E-state index in [0.29, 0.717) is 0 Å². The van der Waals surface area contributed by atoms with E-state index < -0.39 is 0 Å². The molecule has 0 radical (unpaired) electrons. The Labute approximate surface area is 71.5 Å². The van der Waals surface area contributed by atoms with Crippen molar-refractivity contribution < 1.29 is 0 Å². The fraction of sp³-hybridized carbons (Fsp3) is 0.100. The van der Waals surface area contributed by atoms with Crippen molar-refractivity contribution >= 4 is 0 Å². The van der Waals surface area contributed by atoms with Crippen LogP contribution in [0, 0.1) is 6.92 Å². The topological polar surface area (TPSA) is 17.8 Å². The molecular weight excluding hydrogens is 148 g/mol. The van der Waals surface area contributed by atoms with Gasteiger partial charge in [-0.15, -0.1) is 0 Å². The van der Waals surface area contributed by atoms with E-state index in [4.69, 9.17) is 0 Å². The molecule has 0 atom stereocenters. The molecule has 2 nitrogen and oxygen atoms in total. The largest absolute Gasteiger partial charge is 0.304 e. The quantitative estimate of drug-likeness (QED) is 0.622. The summed E-state index contributed by atoms with van der Waals surface area (Å²) in [7, 11) is 0. The lowest BCUT2D eigenvalue weighted by Crippen LogP contribution is -1.92. The summed E-state index contributed by atoms with van der Waals surface area (Å²) in [6.07, 6.45) is 3.68. The molecule has 0 saturated carbocycles. The number of hydrogen-bond acceptors (Lipinski definition) is 1. The van der Waals surface area contributed by atoms with E-state index in [9.17, 15) is 0 Å². The summed E-state index contributed by atoms with van der Waals surface area (Å²) >= 11 is 0. The first-order valence-electron chi connectivity index (χ1n) is 3.92. The van der Waals surface area contributed by atoms with Gasteiger partial charge in [0.05, 0.1) is 6.33 Å². The number of nitrogens with zero attached hydrogens (tertiary/aromatic N) is 2. The predicted octanol–water partition coefficient (Wildman–Crippen LogP) is 2.18. The summed E-state index contributed by atoms with van der Waals surface area (Å²) < 4.78 is 2.06. The molecular formula is C10H10N2.